The number of anilines is 1. The lowest BCUT2D eigenvalue weighted by Crippen LogP contribution is -2.48. The average Bonchev–Trinajstić information content (AvgIpc) is 2.58. The molecule has 0 aliphatic carbocycles. The highest BCUT2D eigenvalue weighted by atomic mass is 79.9. The summed E-state index contributed by atoms with van der Waals surface area (Å²) in [6.07, 6.45) is 3.32. The Balaban J connectivity index is 1.65. The summed E-state index contributed by atoms with van der Waals surface area (Å²) in [7, 11) is 0. The first-order valence-electron chi connectivity index (χ1n) is 7.35. The zero-order valence-corrected chi connectivity index (χ0v) is 14.1. The highest BCUT2D eigenvalue weighted by Gasteiger charge is 2.22. The summed E-state index contributed by atoms with van der Waals surface area (Å²) in [4.78, 5) is 20.6. The average molecular weight is 360 g/mol. The van der Waals surface area contributed by atoms with Gasteiger partial charge in [-0.1, -0.05) is 22.0 Å². The molecule has 1 aromatic heterocycles. The van der Waals surface area contributed by atoms with E-state index in [1.54, 1.807) is 18.5 Å². The number of piperazine rings is 1. The fourth-order valence-electron chi connectivity index (χ4n) is 2.62. The quantitative estimate of drug-likeness (QED) is 0.826. The molecule has 1 aromatic carbocycles. The molecule has 0 N–H and O–H groups in total. The van der Waals surface area contributed by atoms with Crippen LogP contribution in [0.2, 0.25) is 0 Å². The first-order valence-corrected chi connectivity index (χ1v) is 8.15. The predicted molar refractivity (Wildman–Crippen MR) is 91.2 cm³/mol. The molecule has 5 heteroatoms. The highest BCUT2D eigenvalue weighted by Crippen LogP contribution is 2.24. The summed E-state index contributed by atoms with van der Waals surface area (Å²) in [6.45, 7) is 5.25. The molecule has 2 aromatic rings. The Morgan fingerprint density at radius 1 is 1.18 bits per heavy atom. The lowest BCUT2D eigenvalue weighted by atomic mass is 10.2. The van der Waals surface area contributed by atoms with Gasteiger partial charge in [-0.2, -0.15) is 0 Å². The molecule has 0 saturated carbocycles. The molecule has 1 aliphatic heterocycles. The topological polar surface area (TPSA) is 36.4 Å². The van der Waals surface area contributed by atoms with Gasteiger partial charge in [-0.15, -0.1) is 0 Å². The normalized spacial score (nSPS) is 15.0. The van der Waals surface area contributed by atoms with Crippen molar-refractivity contribution in [3.05, 3.63) is 58.3 Å². The van der Waals surface area contributed by atoms with E-state index in [0.717, 1.165) is 30.7 Å². The molecule has 4 nitrogen and oxygen atoms in total. The van der Waals surface area contributed by atoms with Gasteiger partial charge in [0.25, 0.3) is 5.91 Å². The summed E-state index contributed by atoms with van der Waals surface area (Å²) in [5, 5.41) is 0. The van der Waals surface area contributed by atoms with E-state index in [1.807, 2.05) is 11.0 Å². The van der Waals surface area contributed by atoms with E-state index in [4.69, 9.17) is 0 Å². The van der Waals surface area contributed by atoms with E-state index in [9.17, 15) is 4.79 Å². The second-order valence-corrected chi connectivity index (χ2v) is 6.31. The molecule has 1 fully saturated rings. The summed E-state index contributed by atoms with van der Waals surface area (Å²) in [6, 6.07) is 10.0. The van der Waals surface area contributed by atoms with Gasteiger partial charge < -0.3 is 9.80 Å². The fraction of sp³-hybridized carbons (Fsp3) is 0.294. The summed E-state index contributed by atoms with van der Waals surface area (Å²) in [5.41, 5.74) is 3.09. The number of nitrogens with zero attached hydrogens (tertiary/aromatic N) is 3. The molecule has 0 atom stereocenters. The summed E-state index contributed by atoms with van der Waals surface area (Å²) < 4.78 is 1.12. The number of aryl methyl sites for hydroxylation is 1. The maximum Gasteiger partial charge on any atom is 0.255 e. The molecular weight excluding hydrogens is 342 g/mol. The van der Waals surface area contributed by atoms with Crippen molar-refractivity contribution in [3.63, 3.8) is 0 Å². The maximum absolute atomic E-state index is 12.4. The van der Waals surface area contributed by atoms with Gasteiger partial charge in [0.2, 0.25) is 0 Å². The molecule has 1 saturated heterocycles. The number of aromatic nitrogens is 1. The van der Waals surface area contributed by atoms with Gasteiger partial charge in [-0.05, 0) is 36.8 Å². The van der Waals surface area contributed by atoms with Crippen molar-refractivity contribution < 1.29 is 4.79 Å². The van der Waals surface area contributed by atoms with Crippen LogP contribution in [0, 0.1) is 6.92 Å². The van der Waals surface area contributed by atoms with Gasteiger partial charge >= 0.3 is 0 Å². The monoisotopic (exact) mass is 359 g/mol. The van der Waals surface area contributed by atoms with E-state index in [-0.39, 0.29) is 5.91 Å². The van der Waals surface area contributed by atoms with E-state index in [0.29, 0.717) is 5.56 Å². The smallest absolute Gasteiger partial charge is 0.255 e. The van der Waals surface area contributed by atoms with Crippen LogP contribution in [0.1, 0.15) is 15.9 Å². The number of pyridine rings is 1. The van der Waals surface area contributed by atoms with Crippen molar-refractivity contribution >= 4 is 27.5 Å². The second kappa shape index (κ2) is 6.48. The van der Waals surface area contributed by atoms with E-state index < -0.39 is 0 Å². The van der Waals surface area contributed by atoms with Crippen molar-refractivity contribution in [1.82, 2.24) is 9.88 Å². The van der Waals surface area contributed by atoms with Crippen LogP contribution in [0.25, 0.3) is 0 Å². The van der Waals surface area contributed by atoms with Gasteiger partial charge in [0.15, 0.2) is 0 Å². The second-order valence-electron chi connectivity index (χ2n) is 5.45. The largest absolute Gasteiger partial charge is 0.368 e. The van der Waals surface area contributed by atoms with E-state index >= 15 is 0 Å². The molecule has 0 bridgehead atoms. The minimum absolute atomic E-state index is 0.0674. The molecule has 114 valence electrons. The number of carbonyl (C=O) groups excluding carboxylic acids is 1. The Morgan fingerprint density at radius 2 is 1.95 bits per heavy atom. The third-order valence-corrected chi connectivity index (χ3v) is 4.85. The standard InChI is InChI=1S/C17H18BrN3O/c1-13-4-5-15(11-16(13)18)20-7-9-21(10-8-20)17(22)14-3-2-6-19-12-14/h2-6,11-12H,7-10H2,1H3. The van der Waals surface area contributed by atoms with Crippen molar-refractivity contribution in [2.75, 3.05) is 31.1 Å². The molecule has 22 heavy (non-hydrogen) atoms. The number of carbonyl (C=O) groups is 1. The van der Waals surface area contributed by atoms with Crippen LogP contribution in [0.5, 0.6) is 0 Å². The first-order chi connectivity index (χ1) is 10.6. The van der Waals surface area contributed by atoms with Crippen molar-refractivity contribution in [1.29, 1.82) is 0 Å². The number of rotatable bonds is 2. The van der Waals surface area contributed by atoms with Gasteiger partial charge in [-0.3, -0.25) is 9.78 Å². The SMILES string of the molecule is Cc1ccc(N2CCN(C(=O)c3cccnc3)CC2)cc1Br. The zero-order chi connectivity index (χ0) is 15.5. The zero-order valence-electron chi connectivity index (χ0n) is 12.5. The van der Waals surface area contributed by atoms with Crippen LogP contribution in [-0.4, -0.2) is 42.0 Å². The summed E-state index contributed by atoms with van der Waals surface area (Å²) >= 11 is 3.58. The minimum atomic E-state index is 0.0674. The number of hydrogen-bond donors (Lipinski definition) is 0. The Bertz CT molecular complexity index is 667. The van der Waals surface area contributed by atoms with E-state index in [1.165, 1.54) is 11.3 Å². The van der Waals surface area contributed by atoms with E-state index in [2.05, 4.69) is 50.9 Å². The molecule has 0 spiro atoms. The number of amides is 1. The first kappa shape index (κ1) is 15.0. The lowest BCUT2D eigenvalue weighted by Gasteiger charge is -2.36. The van der Waals surface area contributed by atoms with Gasteiger partial charge in [0.05, 0.1) is 5.56 Å². The summed E-state index contributed by atoms with van der Waals surface area (Å²) in [5.74, 6) is 0.0674. The van der Waals surface area contributed by atoms with Crippen molar-refractivity contribution in [3.8, 4) is 0 Å². The Morgan fingerprint density at radius 3 is 2.59 bits per heavy atom. The Kier molecular flexibility index (Phi) is 4.43. The molecule has 1 amide bonds. The Hall–Kier alpha value is -1.88. The number of hydrogen-bond acceptors (Lipinski definition) is 3. The van der Waals surface area contributed by atoms with Gasteiger partial charge in [-0.25, -0.2) is 0 Å². The maximum atomic E-state index is 12.4. The lowest BCUT2D eigenvalue weighted by molar-refractivity contribution is 0.0746. The predicted octanol–water partition coefficient (Wildman–Crippen LogP) is 3.11. The third kappa shape index (κ3) is 3.14. The van der Waals surface area contributed by atoms with Crippen LogP contribution in [-0.2, 0) is 0 Å². The molecule has 1 aliphatic rings. The molecule has 3 rings (SSSR count). The molecule has 0 unspecified atom stereocenters. The molecule has 0 radical (unpaired) electrons. The number of benzene rings is 1. The third-order valence-electron chi connectivity index (χ3n) is 4.00. The Labute approximate surface area is 138 Å². The van der Waals surface area contributed by atoms with Crippen molar-refractivity contribution in [2.45, 2.75) is 6.92 Å². The highest BCUT2D eigenvalue weighted by molar-refractivity contribution is 9.10. The fourth-order valence-corrected chi connectivity index (χ4v) is 2.98. The van der Waals surface area contributed by atoms with Crippen LogP contribution in [0.3, 0.4) is 0 Å². The van der Waals surface area contributed by atoms with Crippen LogP contribution in [0.4, 0.5) is 5.69 Å². The van der Waals surface area contributed by atoms with Crippen LogP contribution < -0.4 is 4.90 Å². The number of halogens is 1. The van der Waals surface area contributed by atoms with Crippen LogP contribution in [0.15, 0.2) is 47.2 Å². The van der Waals surface area contributed by atoms with Gasteiger partial charge in [0, 0.05) is 48.7 Å². The molecular formula is C17H18BrN3O. The minimum Gasteiger partial charge on any atom is -0.368 e. The van der Waals surface area contributed by atoms with Crippen molar-refractivity contribution in [2.24, 2.45) is 0 Å². The van der Waals surface area contributed by atoms with Crippen LogP contribution >= 0.6 is 15.9 Å². The van der Waals surface area contributed by atoms with Gasteiger partial charge in [0.1, 0.15) is 0 Å². The molecule has 2 heterocycles.